The lowest BCUT2D eigenvalue weighted by Gasteiger charge is -2.32. The van der Waals surface area contributed by atoms with E-state index in [-0.39, 0.29) is 0 Å². The molecule has 0 aromatic heterocycles. The Hall–Kier alpha value is -1.06. The number of hydrogen-bond donors (Lipinski definition) is 1. The minimum atomic E-state index is -0.411. The molecule has 0 saturated carbocycles. The summed E-state index contributed by atoms with van der Waals surface area (Å²) in [6.07, 6.45) is 2.14. The van der Waals surface area contributed by atoms with Crippen LogP contribution in [0, 0.1) is 12.8 Å². The Morgan fingerprint density at radius 1 is 1.37 bits per heavy atom. The molecule has 1 aromatic rings. The van der Waals surface area contributed by atoms with Gasteiger partial charge in [0.05, 0.1) is 0 Å². The van der Waals surface area contributed by atoms with E-state index in [1.807, 2.05) is 24.3 Å². The van der Waals surface area contributed by atoms with Crippen molar-refractivity contribution in [2.45, 2.75) is 32.8 Å². The van der Waals surface area contributed by atoms with Crippen molar-refractivity contribution >= 4 is 0 Å². The molecule has 0 radical (unpaired) electrons. The van der Waals surface area contributed by atoms with Gasteiger partial charge in [0.1, 0.15) is 18.5 Å². The maximum absolute atomic E-state index is 10.0. The highest BCUT2D eigenvalue weighted by Gasteiger charge is 2.19. The number of aliphatic hydroxyl groups excluding tert-OH is 1. The van der Waals surface area contributed by atoms with Crippen LogP contribution < -0.4 is 4.74 Å². The molecular formula is C16H25NO2. The first-order valence-electron chi connectivity index (χ1n) is 7.23. The number of β-amino-alcohol motifs (C(OH)–C–C–N with tert-alkyl or cyclic N) is 1. The third-order valence-electron chi connectivity index (χ3n) is 3.67. The number of aliphatic hydroxyl groups is 1. The quantitative estimate of drug-likeness (QED) is 0.886. The Morgan fingerprint density at radius 3 is 2.79 bits per heavy atom. The van der Waals surface area contributed by atoms with Crippen LogP contribution in [-0.2, 0) is 0 Å². The van der Waals surface area contributed by atoms with Crippen molar-refractivity contribution in [3.05, 3.63) is 29.8 Å². The van der Waals surface area contributed by atoms with Gasteiger partial charge in [-0.15, -0.1) is 0 Å². The normalized spacial score (nSPS) is 22.2. The molecule has 2 unspecified atom stereocenters. The number of rotatable bonds is 5. The molecule has 0 aliphatic carbocycles. The first kappa shape index (κ1) is 14.4. The van der Waals surface area contributed by atoms with Crippen LogP contribution in [0.1, 0.15) is 25.3 Å². The van der Waals surface area contributed by atoms with E-state index in [0.717, 1.165) is 31.3 Å². The van der Waals surface area contributed by atoms with Crippen LogP contribution in [0.2, 0.25) is 0 Å². The molecule has 1 aliphatic heterocycles. The largest absolute Gasteiger partial charge is 0.491 e. The second-order valence-corrected chi connectivity index (χ2v) is 5.78. The van der Waals surface area contributed by atoms with E-state index in [1.54, 1.807) is 0 Å². The van der Waals surface area contributed by atoms with Crippen LogP contribution in [0.25, 0.3) is 0 Å². The van der Waals surface area contributed by atoms with Crippen LogP contribution in [0.5, 0.6) is 5.75 Å². The Kier molecular flexibility index (Phi) is 5.23. The van der Waals surface area contributed by atoms with Crippen molar-refractivity contribution in [2.24, 2.45) is 5.92 Å². The Morgan fingerprint density at radius 2 is 2.11 bits per heavy atom. The zero-order valence-corrected chi connectivity index (χ0v) is 12.0. The molecule has 1 saturated heterocycles. The summed E-state index contributed by atoms with van der Waals surface area (Å²) in [5.74, 6) is 1.58. The van der Waals surface area contributed by atoms with Gasteiger partial charge in [-0.3, -0.25) is 0 Å². The van der Waals surface area contributed by atoms with E-state index in [0.29, 0.717) is 6.61 Å². The lowest BCUT2D eigenvalue weighted by atomic mass is 10.0. The van der Waals surface area contributed by atoms with E-state index in [9.17, 15) is 5.11 Å². The molecule has 3 heteroatoms. The highest BCUT2D eigenvalue weighted by molar-refractivity contribution is 5.26. The van der Waals surface area contributed by atoms with Gasteiger partial charge in [-0.2, -0.15) is 0 Å². The van der Waals surface area contributed by atoms with Gasteiger partial charge in [-0.25, -0.2) is 0 Å². The van der Waals surface area contributed by atoms with E-state index in [2.05, 4.69) is 18.7 Å². The summed E-state index contributed by atoms with van der Waals surface area (Å²) in [5.41, 5.74) is 1.22. The second-order valence-electron chi connectivity index (χ2n) is 5.78. The van der Waals surface area contributed by atoms with Crippen molar-refractivity contribution in [1.82, 2.24) is 4.90 Å². The van der Waals surface area contributed by atoms with E-state index < -0.39 is 6.10 Å². The molecule has 3 nitrogen and oxygen atoms in total. The first-order chi connectivity index (χ1) is 9.13. The smallest absolute Gasteiger partial charge is 0.119 e. The third kappa shape index (κ3) is 4.84. The average molecular weight is 263 g/mol. The van der Waals surface area contributed by atoms with Crippen molar-refractivity contribution in [3.8, 4) is 5.75 Å². The molecule has 1 aromatic carbocycles. The van der Waals surface area contributed by atoms with Crippen LogP contribution in [0.4, 0.5) is 0 Å². The summed E-state index contributed by atoms with van der Waals surface area (Å²) < 4.78 is 5.61. The van der Waals surface area contributed by atoms with Gasteiger partial charge in [0.25, 0.3) is 0 Å². The van der Waals surface area contributed by atoms with Crippen LogP contribution in [0.3, 0.4) is 0 Å². The summed E-state index contributed by atoms with van der Waals surface area (Å²) in [7, 11) is 0. The number of hydrogen-bond acceptors (Lipinski definition) is 3. The number of ether oxygens (including phenoxy) is 1. The van der Waals surface area contributed by atoms with Crippen molar-refractivity contribution < 1.29 is 9.84 Å². The molecule has 2 atom stereocenters. The van der Waals surface area contributed by atoms with Crippen LogP contribution in [-0.4, -0.2) is 42.4 Å². The number of piperidine rings is 1. The molecule has 1 fully saturated rings. The maximum atomic E-state index is 10.0. The molecule has 2 rings (SSSR count). The number of nitrogens with zero attached hydrogens (tertiary/aromatic N) is 1. The second kappa shape index (κ2) is 6.92. The van der Waals surface area contributed by atoms with Crippen LogP contribution in [0.15, 0.2) is 24.3 Å². The minimum absolute atomic E-state index is 0.369. The molecule has 1 aliphatic rings. The van der Waals surface area contributed by atoms with Crippen molar-refractivity contribution in [3.63, 3.8) is 0 Å². The van der Waals surface area contributed by atoms with E-state index in [1.165, 1.54) is 18.4 Å². The third-order valence-corrected chi connectivity index (χ3v) is 3.67. The summed E-state index contributed by atoms with van der Waals surface area (Å²) in [6.45, 7) is 7.62. The van der Waals surface area contributed by atoms with Gasteiger partial charge in [0, 0.05) is 13.1 Å². The highest BCUT2D eigenvalue weighted by atomic mass is 16.5. The SMILES string of the molecule is Cc1ccc(OCC(O)CN2CCCC(C)C2)cc1. The molecule has 0 spiro atoms. The zero-order valence-electron chi connectivity index (χ0n) is 12.0. The molecule has 1 heterocycles. The molecule has 19 heavy (non-hydrogen) atoms. The standard InChI is InChI=1S/C16H25NO2/c1-13-5-7-16(8-6-13)19-12-15(18)11-17-9-3-4-14(2)10-17/h5-8,14-15,18H,3-4,9-12H2,1-2H3. The fraction of sp³-hybridized carbons (Fsp3) is 0.625. The molecule has 0 amide bonds. The van der Waals surface area contributed by atoms with Crippen LogP contribution >= 0.6 is 0 Å². The summed E-state index contributed by atoms with van der Waals surface area (Å²) in [5, 5.41) is 10.0. The number of benzene rings is 1. The van der Waals surface area contributed by atoms with Crippen molar-refractivity contribution in [1.29, 1.82) is 0 Å². The average Bonchev–Trinajstić information content (AvgIpc) is 2.38. The van der Waals surface area contributed by atoms with E-state index in [4.69, 9.17) is 4.74 Å². The predicted octanol–water partition coefficient (Wildman–Crippen LogP) is 2.47. The summed E-state index contributed by atoms with van der Waals surface area (Å²) in [6, 6.07) is 7.94. The monoisotopic (exact) mass is 263 g/mol. The molecule has 106 valence electrons. The van der Waals surface area contributed by atoms with Gasteiger partial charge in [-0.1, -0.05) is 24.6 Å². The summed E-state index contributed by atoms with van der Waals surface area (Å²) >= 11 is 0. The Balaban J connectivity index is 1.72. The van der Waals surface area contributed by atoms with Gasteiger partial charge in [-0.05, 0) is 44.4 Å². The predicted molar refractivity (Wildman–Crippen MR) is 77.5 cm³/mol. The minimum Gasteiger partial charge on any atom is -0.491 e. The maximum Gasteiger partial charge on any atom is 0.119 e. The Labute approximate surface area is 116 Å². The number of aryl methyl sites for hydroxylation is 1. The molecular weight excluding hydrogens is 238 g/mol. The fourth-order valence-electron chi connectivity index (χ4n) is 2.63. The first-order valence-corrected chi connectivity index (χ1v) is 7.23. The van der Waals surface area contributed by atoms with Gasteiger partial charge < -0.3 is 14.7 Å². The number of likely N-dealkylation sites (tertiary alicyclic amines) is 1. The lowest BCUT2D eigenvalue weighted by Crippen LogP contribution is -2.41. The zero-order chi connectivity index (χ0) is 13.7. The van der Waals surface area contributed by atoms with Crippen molar-refractivity contribution in [2.75, 3.05) is 26.2 Å². The topological polar surface area (TPSA) is 32.7 Å². The highest BCUT2D eigenvalue weighted by Crippen LogP contribution is 2.16. The van der Waals surface area contributed by atoms with E-state index >= 15 is 0 Å². The van der Waals surface area contributed by atoms with Gasteiger partial charge in [0.2, 0.25) is 0 Å². The molecule has 0 bridgehead atoms. The van der Waals surface area contributed by atoms with Gasteiger partial charge >= 0.3 is 0 Å². The van der Waals surface area contributed by atoms with Gasteiger partial charge in [0.15, 0.2) is 0 Å². The summed E-state index contributed by atoms with van der Waals surface area (Å²) in [4.78, 5) is 2.34. The fourth-order valence-corrected chi connectivity index (χ4v) is 2.63. The molecule has 1 N–H and O–H groups in total. The Bertz CT molecular complexity index is 377. The lowest BCUT2D eigenvalue weighted by molar-refractivity contribution is 0.0537.